The van der Waals surface area contributed by atoms with Crippen LogP contribution in [0.15, 0.2) is 33.8 Å². The van der Waals surface area contributed by atoms with Crippen molar-refractivity contribution in [3.8, 4) is 11.4 Å². The predicted molar refractivity (Wildman–Crippen MR) is 116 cm³/mol. The van der Waals surface area contributed by atoms with E-state index in [-0.39, 0.29) is 12.5 Å². The summed E-state index contributed by atoms with van der Waals surface area (Å²) in [6, 6.07) is 7.62. The maximum Gasteiger partial charge on any atom is 0.248 e. The van der Waals surface area contributed by atoms with Gasteiger partial charge in [0.15, 0.2) is 5.96 Å². The molecule has 1 fully saturated rings. The lowest BCUT2D eigenvalue weighted by Crippen LogP contribution is -2.50. The number of hydrogen-bond donors (Lipinski definition) is 3. The summed E-state index contributed by atoms with van der Waals surface area (Å²) in [5.41, 5.74) is 0.801. The zero-order valence-corrected chi connectivity index (χ0v) is 18.1. The highest BCUT2D eigenvalue weighted by atomic mass is 35.5. The summed E-state index contributed by atoms with van der Waals surface area (Å²) in [4.78, 5) is 22.7. The highest BCUT2D eigenvalue weighted by molar-refractivity contribution is 6.30. The zero-order chi connectivity index (χ0) is 21.3. The summed E-state index contributed by atoms with van der Waals surface area (Å²) in [6.07, 6.45) is 1.89. The van der Waals surface area contributed by atoms with Crippen LogP contribution in [0.1, 0.15) is 25.7 Å². The molecular weight excluding hydrogens is 406 g/mol. The summed E-state index contributed by atoms with van der Waals surface area (Å²) in [6.45, 7) is 5.24. The zero-order valence-electron chi connectivity index (χ0n) is 17.3. The second kappa shape index (κ2) is 10.9. The monoisotopic (exact) mass is 433 g/mol. The Morgan fingerprint density at radius 1 is 1.37 bits per heavy atom. The molecule has 1 aromatic heterocycles. The van der Waals surface area contributed by atoms with Crippen LogP contribution in [-0.4, -0.2) is 66.2 Å². The minimum atomic E-state index is 0.0491. The Bertz CT molecular complexity index is 862. The molecule has 2 aromatic rings. The Labute approximate surface area is 181 Å². The lowest BCUT2D eigenvalue weighted by Gasteiger charge is -2.32. The average molecular weight is 434 g/mol. The van der Waals surface area contributed by atoms with E-state index in [2.05, 4.69) is 36.0 Å². The Kier molecular flexibility index (Phi) is 8.04. The van der Waals surface area contributed by atoms with E-state index >= 15 is 0 Å². The summed E-state index contributed by atoms with van der Waals surface area (Å²) in [7, 11) is 1.66. The highest BCUT2D eigenvalue weighted by Crippen LogP contribution is 2.20. The molecule has 0 saturated carbocycles. The summed E-state index contributed by atoms with van der Waals surface area (Å²) < 4.78 is 5.33. The van der Waals surface area contributed by atoms with Crippen molar-refractivity contribution in [3.05, 3.63) is 35.2 Å². The second-order valence-corrected chi connectivity index (χ2v) is 7.52. The first-order chi connectivity index (χ1) is 14.6. The molecule has 2 heterocycles. The number of aliphatic imine (C=N–C) groups is 1. The number of aromatic nitrogens is 2. The predicted octanol–water partition coefficient (Wildman–Crippen LogP) is 1.66. The Morgan fingerprint density at radius 3 is 2.87 bits per heavy atom. The van der Waals surface area contributed by atoms with Crippen LogP contribution < -0.4 is 16.0 Å². The number of hydrogen-bond acceptors (Lipinski definition) is 6. The molecule has 0 radical (unpaired) electrons. The SMILES string of the molecule is CCNC(=NCc1nc(-c2cccc(Cl)c2)no1)NC1CCN(CC(=O)NC)CC1. The van der Waals surface area contributed by atoms with Gasteiger partial charge in [-0.2, -0.15) is 4.98 Å². The van der Waals surface area contributed by atoms with E-state index in [0.29, 0.717) is 35.3 Å². The largest absolute Gasteiger partial charge is 0.358 e. The molecule has 0 spiro atoms. The van der Waals surface area contributed by atoms with Crippen molar-refractivity contribution in [1.82, 2.24) is 31.0 Å². The lowest BCUT2D eigenvalue weighted by atomic mass is 10.1. The van der Waals surface area contributed by atoms with Crippen LogP contribution in [0.5, 0.6) is 0 Å². The minimum absolute atomic E-state index is 0.0491. The van der Waals surface area contributed by atoms with E-state index in [9.17, 15) is 4.79 Å². The van der Waals surface area contributed by atoms with Gasteiger partial charge < -0.3 is 20.5 Å². The number of rotatable bonds is 7. The lowest BCUT2D eigenvalue weighted by molar-refractivity contribution is -0.122. The normalized spacial score (nSPS) is 15.8. The van der Waals surface area contributed by atoms with Gasteiger partial charge in [-0.25, -0.2) is 4.99 Å². The first-order valence-corrected chi connectivity index (χ1v) is 10.5. The van der Waals surface area contributed by atoms with Gasteiger partial charge >= 0.3 is 0 Å². The van der Waals surface area contributed by atoms with Crippen LogP contribution in [0.4, 0.5) is 0 Å². The molecule has 0 unspecified atom stereocenters. The molecule has 1 aliphatic rings. The van der Waals surface area contributed by atoms with E-state index in [1.807, 2.05) is 19.1 Å². The third-order valence-corrected chi connectivity index (χ3v) is 5.08. The smallest absolute Gasteiger partial charge is 0.248 e. The van der Waals surface area contributed by atoms with Crippen molar-refractivity contribution in [2.24, 2.45) is 4.99 Å². The molecule has 10 heteroatoms. The van der Waals surface area contributed by atoms with Gasteiger partial charge in [0.25, 0.3) is 0 Å². The fourth-order valence-corrected chi connectivity index (χ4v) is 3.43. The number of guanidine groups is 1. The van der Waals surface area contributed by atoms with Crippen LogP contribution in [0, 0.1) is 0 Å². The van der Waals surface area contributed by atoms with Crippen LogP contribution in [0.25, 0.3) is 11.4 Å². The number of likely N-dealkylation sites (N-methyl/N-ethyl adjacent to an activating group) is 1. The molecule has 0 bridgehead atoms. The quantitative estimate of drug-likeness (QED) is 0.450. The number of carbonyl (C=O) groups is 1. The van der Waals surface area contributed by atoms with Gasteiger partial charge in [0, 0.05) is 43.3 Å². The summed E-state index contributed by atoms with van der Waals surface area (Å²) >= 11 is 6.03. The number of nitrogens with one attached hydrogen (secondary N) is 3. The van der Waals surface area contributed by atoms with Gasteiger partial charge in [-0.15, -0.1) is 0 Å². The summed E-state index contributed by atoms with van der Waals surface area (Å²) in [5, 5.41) is 14.0. The van der Waals surface area contributed by atoms with Gasteiger partial charge in [-0.05, 0) is 31.9 Å². The Morgan fingerprint density at radius 2 is 2.17 bits per heavy atom. The number of likely N-dealkylation sites (tertiary alicyclic amines) is 1. The van der Waals surface area contributed by atoms with Crippen LogP contribution in [0.2, 0.25) is 5.02 Å². The molecule has 1 saturated heterocycles. The van der Waals surface area contributed by atoms with Crippen molar-refractivity contribution in [3.63, 3.8) is 0 Å². The molecule has 162 valence electrons. The standard InChI is InChI=1S/C20H28ClN7O2/c1-3-23-20(25-16-7-9-28(10-8-16)13-17(29)22-2)24-12-18-26-19(27-30-18)14-5-4-6-15(21)11-14/h4-6,11,16H,3,7-10,12-13H2,1-2H3,(H,22,29)(H2,23,24,25). The van der Waals surface area contributed by atoms with E-state index in [1.165, 1.54) is 0 Å². The molecule has 3 N–H and O–H groups in total. The number of halogens is 1. The van der Waals surface area contributed by atoms with E-state index in [1.54, 1.807) is 19.2 Å². The van der Waals surface area contributed by atoms with Crippen LogP contribution in [-0.2, 0) is 11.3 Å². The molecule has 1 amide bonds. The number of carbonyl (C=O) groups excluding carboxylic acids is 1. The first kappa shape index (κ1) is 22.0. The molecule has 30 heavy (non-hydrogen) atoms. The number of nitrogens with zero attached hydrogens (tertiary/aromatic N) is 4. The molecule has 9 nitrogen and oxygen atoms in total. The fourth-order valence-electron chi connectivity index (χ4n) is 3.24. The van der Waals surface area contributed by atoms with Gasteiger partial charge in [-0.3, -0.25) is 9.69 Å². The molecule has 0 atom stereocenters. The Hall–Kier alpha value is -2.65. The van der Waals surface area contributed by atoms with Crippen molar-refractivity contribution in [2.45, 2.75) is 32.4 Å². The third kappa shape index (κ3) is 6.43. The molecule has 1 aliphatic heterocycles. The number of amides is 1. The van der Waals surface area contributed by atoms with Gasteiger partial charge in [-0.1, -0.05) is 28.9 Å². The minimum Gasteiger partial charge on any atom is -0.358 e. The second-order valence-electron chi connectivity index (χ2n) is 7.09. The molecular formula is C20H28ClN7O2. The number of piperidine rings is 1. The molecule has 1 aromatic carbocycles. The van der Waals surface area contributed by atoms with E-state index in [4.69, 9.17) is 16.1 Å². The maximum atomic E-state index is 11.5. The molecule has 3 rings (SSSR count). The topological polar surface area (TPSA) is 108 Å². The summed E-state index contributed by atoms with van der Waals surface area (Å²) in [5.74, 6) is 1.68. The van der Waals surface area contributed by atoms with Crippen molar-refractivity contribution in [1.29, 1.82) is 0 Å². The van der Waals surface area contributed by atoms with Crippen LogP contribution >= 0.6 is 11.6 Å². The number of benzene rings is 1. The Balaban J connectivity index is 1.54. The van der Waals surface area contributed by atoms with Crippen molar-refractivity contribution < 1.29 is 9.32 Å². The third-order valence-electron chi connectivity index (χ3n) is 4.84. The van der Waals surface area contributed by atoms with Gasteiger partial charge in [0.2, 0.25) is 17.6 Å². The molecule has 0 aliphatic carbocycles. The van der Waals surface area contributed by atoms with Gasteiger partial charge in [0.05, 0.1) is 6.54 Å². The highest BCUT2D eigenvalue weighted by Gasteiger charge is 2.21. The maximum absolute atomic E-state index is 11.5. The van der Waals surface area contributed by atoms with Crippen LogP contribution in [0.3, 0.4) is 0 Å². The van der Waals surface area contributed by atoms with E-state index < -0.39 is 0 Å². The van der Waals surface area contributed by atoms with E-state index in [0.717, 1.165) is 38.0 Å². The van der Waals surface area contributed by atoms with Crippen molar-refractivity contribution >= 4 is 23.5 Å². The van der Waals surface area contributed by atoms with Crippen molar-refractivity contribution in [2.75, 3.05) is 33.2 Å². The fraction of sp³-hybridized carbons (Fsp3) is 0.500. The average Bonchev–Trinajstić information content (AvgIpc) is 3.22. The first-order valence-electron chi connectivity index (χ1n) is 10.1. The van der Waals surface area contributed by atoms with Gasteiger partial charge in [0.1, 0.15) is 6.54 Å².